The predicted molar refractivity (Wildman–Crippen MR) is 141 cm³/mol. The minimum absolute atomic E-state index is 0.0973. The highest BCUT2D eigenvalue weighted by Gasteiger charge is 2.44. The number of piperidine rings is 3. The fraction of sp³-hybridized carbons (Fsp3) is 0.667. The molecule has 38 heavy (non-hydrogen) atoms. The molecule has 0 unspecified atom stereocenters. The molecule has 208 valence electrons. The van der Waals surface area contributed by atoms with Gasteiger partial charge in [0, 0.05) is 44.1 Å². The molecule has 4 amide bonds. The van der Waals surface area contributed by atoms with Gasteiger partial charge in [-0.3, -0.25) is 19.8 Å². The lowest BCUT2D eigenvalue weighted by Crippen LogP contribution is -2.53. The molecule has 4 aliphatic rings. The van der Waals surface area contributed by atoms with Crippen LogP contribution in [-0.4, -0.2) is 85.9 Å². The van der Waals surface area contributed by atoms with Crippen LogP contribution in [-0.2, 0) is 4.79 Å². The Morgan fingerprint density at radius 1 is 1.08 bits per heavy atom. The molecule has 0 aromatic heterocycles. The van der Waals surface area contributed by atoms with E-state index in [0.717, 1.165) is 38.8 Å². The van der Waals surface area contributed by atoms with E-state index in [-0.39, 0.29) is 36.7 Å². The summed E-state index contributed by atoms with van der Waals surface area (Å²) in [5.74, 6) is -3.65. The molecule has 0 aliphatic carbocycles. The number of benzene rings is 1. The van der Waals surface area contributed by atoms with Crippen molar-refractivity contribution in [3.63, 3.8) is 0 Å². The number of carbonyl (C=O) groups excluding carboxylic acids is 3. The monoisotopic (exact) mass is 551 g/mol. The molecular formula is C27H36ClF2N5O3. The van der Waals surface area contributed by atoms with E-state index in [1.54, 1.807) is 19.1 Å². The number of imide groups is 1. The molecule has 4 saturated heterocycles. The SMILES string of the molecule is Cc1cc(C(=O)N2CCC3(CCN(C[C@@H]4CCNCC4(F)F)CC3)CC2)cc(N2CCC(=O)NC2=O)c1Cl. The number of likely N-dealkylation sites (tertiary alicyclic amines) is 2. The Labute approximate surface area is 227 Å². The van der Waals surface area contributed by atoms with Gasteiger partial charge in [-0.1, -0.05) is 11.6 Å². The van der Waals surface area contributed by atoms with Crippen molar-refractivity contribution in [1.29, 1.82) is 0 Å². The number of carbonyl (C=O) groups is 3. The summed E-state index contributed by atoms with van der Waals surface area (Å²) < 4.78 is 28.5. The second kappa shape index (κ2) is 10.7. The average molecular weight is 552 g/mol. The van der Waals surface area contributed by atoms with E-state index in [9.17, 15) is 23.2 Å². The minimum Gasteiger partial charge on any atom is -0.339 e. The molecule has 0 saturated carbocycles. The minimum atomic E-state index is -2.64. The molecule has 4 aliphatic heterocycles. The van der Waals surface area contributed by atoms with Crippen LogP contribution in [0.2, 0.25) is 5.02 Å². The highest BCUT2D eigenvalue weighted by atomic mass is 35.5. The molecule has 0 bridgehead atoms. The first kappa shape index (κ1) is 27.3. The van der Waals surface area contributed by atoms with Gasteiger partial charge < -0.3 is 15.1 Å². The van der Waals surface area contributed by atoms with Gasteiger partial charge >= 0.3 is 6.03 Å². The number of nitrogens with one attached hydrogen (secondary N) is 2. The van der Waals surface area contributed by atoms with Gasteiger partial charge in [-0.15, -0.1) is 0 Å². The normalized spacial score (nSPS) is 25.9. The quantitative estimate of drug-likeness (QED) is 0.597. The Morgan fingerprint density at radius 2 is 1.76 bits per heavy atom. The van der Waals surface area contributed by atoms with Gasteiger partial charge in [-0.2, -0.15) is 0 Å². The Bertz CT molecular complexity index is 1100. The summed E-state index contributed by atoms with van der Waals surface area (Å²) >= 11 is 6.50. The van der Waals surface area contributed by atoms with Crippen molar-refractivity contribution in [2.24, 2.45) is 11.3 Å². The zero-order valence-electron chi connectivity index (χ0n) is 21.8. The maximum absolute atomic E-state index is 14.3. The van der Waals surface area contributed by atoms with Crippen molar-refractivity contribution in [2.75, 3.05) is 57.3 Å². The molecule has 0 radical (unpaired) electrons. The van der Waals surface area contributed by atoms with E-state index in [4.69, 9.17) is 11.6 Å². The Hall–Kier alpha value is -2.30. The first-order chi connectivity index (χ1) is 18.1. The third-order valence-electron chi connectivity index (χ3n) is 8.96. The maximum Gasteiger partial charge on any atom is 0.328 e. The number of rotatable bonds is 4. The van der Waals surface area contributed by atoms with E-state index in [0.29, 0.717) is 54.4 Å². The fourth-order valence-corrected chi connectivity index (χ4v) is 6.58. The number of halogens is 3. The first-order valence-corrected chi connectivity index (χ1v) is 14.0. The first-order valence-electron chi connectivity index (χ1n) is 13.6. The van der Waals surface area contributed by atoms with Gasteiger partial charge in [-0.05, 0) is 81.8 Å². The number of alkyl halides is 2. The molecule has 8 nitrogen and oxygen atoms in total. The number of hydrogen-bond donors (Lipinski definition) is 2. The third kappa shape index (κ3) is 5.53. The zero-order chi connectivity index (χ0) is 27.1. The maximum atomic E-state index is 14.3. The van der Waals surface area contributed by atoms with Crippen molar-refractivity contribution in [2.45, 2.75) is 51.4 Å². The van der Waals surface area contributed by atoms with Crippen LogP contribution >= 0.6 is 11.6 Å². The van der Waals surface area contributed by atoms with Crippen LogP contribution in [0, 0.1) is 18.3 Å². The number of amides is 4. The van der Waals surface area contributed by atoms with Gasteiger partial charge in [-0.25, -0.2) is 13.6 Å². The topological polar surface area (TPSA) is 85.0 Å². The lowest BCUT2D eigenvalue weighted by Gasteiger charge is -2.48. The number of nitrogens with zero attached hydrogens (tertiary/aromatic N) is 3. The zero-order valence-corrected chi connectivity index (χ0v) is 22.6. The van der Waals surface area contributed by atoms with Crippen LogP contribution in [0.25, 0.3) is 0 Å². The summed E-state index contributed by atoms with van der Waals surface area (Å²) in [7, 11) is 0. The molecule has 1 aromatic carbocycles. The molecule has 2 N–H and O–H groups in total. The Kier molecular flexibility index (Phi) is 7.68. The van der Waals surface area contributed by atoms with Gasteiger partial charge in [0.2, 0.25) is 5.91 Å². The summed E-state index contributed by atoms with van der Waals surface area (Å²) in [6.45, 7) is 5.83. The van der Waals surface area contributed by atoms with E-state index < -0.39 is 17.9 Å². The predicted octanol–water partition coefficient (Wildman–Crippen LogP) is 3.66. The highest BCUT2D eigenvalue weighted by molar-refractivity contribution is 6.35. The molecule has 4 heterocycles. The Balaban J connectivity index is 1.19. The fourth-order valence-electron chi connectivity index (χ4n) is 6.36. The number of anilines is 1. The second-order valence-electron chi connectivity index (χ2n) is 11.4. The lowest BCUT2D eigenvalue weighted by atomic mass is 9.71. The van der Waals surface area contributed by atoms with Crippen LogP contribution in [0.5, 0.6) is 0 Å². The largest absolute Gasteiger partial charge is 0.339 e. The lowest BCUT2D eigenvalue weighted by molar-refractivity contribution is -0.120. The summed E-state index contributed by atoms with van der Waals surface area (Å²) in [6, 6.07) is 2.86. The Morgan fingerprint density at radius 3 is 2.42 bits per heavy atom. The summed E-state index contributed by atoms with van der Waals surface area (Å²) in [5, 5.41) is 5.49. The van der Waals surface area contributed by atoms with Gasteiger partial charge in [0.1, 0.15) is 0 Å². The molecule has 1 aromatic rings. The van der Waals surface area contributed by atoms with Crippen LogP contribution in [0.1, 0.15) is 54.4 Å². The van der Waals surface area contributed by atoms with E-state index in [1.807, 2.05) is 4.90 Å². The molecule has 4 fully saturated rings. The highest BCUT2D eigenvalue weighted by Crippen LogP contribution is 2.42. The van der Waals surface area contributed by atoms with Crippen LogP contribution in [0.3, 0.4) is 0 Å². The van der Waals surface area contributed by atoms with Gasteiger partial charge in [0.15, 0.2) is 0 Å². The average Bonchev–Trinajstić information content (AvgIpc) is 2.88. The van der Waals surface area contributed by atoms with E-state index >= 15 is 0 Å². The van der Waals surface area contributed by atoms with Crippen molar-refractivity contribution in [3.8, 4) is 0 Å². The molecular weight excluding hydrogens is 516 g/mol. The van der Waals surface area contributed by atoms with Crippen molar-refractivity contribution in [1.82, 2.24) is 20.4 Å². The van der Waals surface area contributed by atoms with E-state index in [2.05, 4.69) is 15.5 Å². The second-order valence-corrected chi connectivity index (χ2v) is 11.8. The van der Waals surface area contributed by atoms with Crippen molar-refractivity contribution < 1.29 is 23.2 Å². The van der Waals surface area contributed by atoms with Gasteiger partial charge in [0.05, 0.1) is 17.3 Å². The van der Waals surface area contributed by atoms with Crippen molar-refractivity contribution in [3.05, 3.63) is 28.3 Å². The van der Waals surface area contributed by atoms with Crippen LogP contribution < -0.4 is 15.5 Å². The van der Waals surface area contributed by atoms with Gasteiger partial charge in [0.25, 0.3) is 11.8 Å². The van der Waals surface area contributed by atoms with Crippen LogP contribution in [0.15, 0.2) is 12.1 Å². The summed E-state index contributed by atoms with van der Waals surface area (Å²) in [6.07, 6.45) is 4.42. The number of aryl methyl sites for hydroxylation is 1. The molecule has 1 spiro atoms. The summed E-state index contributed by atoms with van der Waals surface area (Å²) in [4.78, 5) is 42.9. The molecule has 11 heteroatoms. The molecule has 1 atom stereocenters. The standard InChI is InChI=1S/C27H36ClF2N5O3/c1-18-14-19(15-21(23(18)28)35-9-3-22(36)32-25(35)38)24(37)34-12-6-26(7-13-34)4-10-33(11-5-26)16-20-2-8-31-17-27(20,29)30/h14-15,20,31H,2-13,16-17H2,1H3,(H,32,36,38)/t20-/m0/s1. The van der Waals surface area contributed by atoms with Crippen LogP contribution in [0.4, 0.5) is 19.3 Å². The summed E-state index contributed by atoms with van der Waals surface area (Å²) in [5.41, 5.74) is 1.75. The van der Waals surface area contributed by atoms with Crippen molar-refractivity contribution >= 4 is 35.1 Å². The number of urea groups is 1. The number of hydrogen-bond acceptors (Lipinski definition) is 5. The third-order valence-corrected chi connectivity index (χ3v) is 9.45. The smallest absolute Gasteiger partial charge is 0.328 e. The van der Waals surface area contributed by atoms with E-state index in [1.165, 1.54) is 4.90 Å². The molecule has 5 rings (SSSR count).